The predicted molar refractivity (Wildman–Crippen MR) is 59.3 cm³/mol. The lowest BCUT2D eigenvalue weighted by molar-refractivity contribution is 0.379. The van der Waals surface area contributed by atoms with Gasteiger partial charge in [-0.1, -0.05) is 11.6 Å². The summed E-state index contributed by atoms with van der Waals surface area (Å²) in [7, 11) is 1.48. The molecule has 82 valence electrons. The third kappa shape index (κ3) is 4.12. The molecule has 1 aromatic heterocycles. The van der Waals surface area contributed by atoms with Gasteiger partial charge in [0.25, 0.3) is 0 Å². The summed E-state index contributed by atoms with van der Waals surface area (Å²) in [4.78, 5) is 11.6. The molecule has 0 fully saturated rings. The first kappa shape index (κ1) is 11.7. The van der Waals surface area contributed by atoms with Gasteiger partial charge in [-0.05, 0) is 25.4 Å². The van der Waals surface area contributed by atoms with Gasteiger partial charge in [-0.15, -0.1) is 0 Å². The number of nitrogens with zero attached hydrogens (tertiary/aromatic N) is 3. The number of rotatable bonds is 4. The van der Waals surface area contributed by atoms with Crippen LogP contribution in [0.5, 0.6) is 6.01 Å². The standard InChI is InChI=1S/C9H13ClN4O/c1-6(2)4-5-11-8-12-7(10)13-9(14-8)15-3/h4H,5H2,1-3H3,(H,11,12,13,14). The van der Waals surface area contributed by atoms with E-state index < -0.39 is 0 Å². The molecule has 1 aromatic rings. The first-order valence-corrected chi connectivity index (χ1v) is 4.82. The summed E-state index contributed by atoms with van der Waals surface area (Å²) in [5.41, 5.74) is 1.22. The first-order valence-electron chi connectivity index (χ1n) is 4.44. The molecule has 0 aliphatic carbocycles. The van der Waals surface area contributed by atoms with E-state index in [1.165, 1.54) is 12.7 Å². The van der Waals surface area contributed by atoms with E-state index in [0.29, 0.717) is 12.5 Å². The third-order valence-electron chi connectivity index (χ3n) is 1.54. The van der Waals surface area contributed by atoms with Crippen LogP contribution in [-0.4, -0.2) is 28.6 Å². The number of aromatic nitrogens is 3. The van der Waals surface area contributed by atoms with Crippen molar-refractivity contribution in [1.82, 2.24) is 15.0 Å². The lowest BCUT2D eigenvalue weighted by atomic mass is 10.3. The predicted octanol–water partition coefficient (Wildman–Crippen LogP) is 1.91. The SMILES string of the molecule is COc1nc(Cl)nc(NCC=C(C)C)n1. The molecular weight excluding hydrogens is 216 g/mol. The molecule has 0 aromatic carbocycles. The number of methoxy groups -OCH3 is 1. The highest BCUT2D eigenvalue weighted by atomic mass is 35.5. The zero-order valence-electron chi connectivity index (χ0n) is 8.91. The van der Waals surface area contributed by atoms with Crippen LogP contribution in [0.3, 0.4) is 0 Å². The molecule has 1 heterocycles. The molecule has 1 rings (SSSR count). The minimum absolute atomic E-state index is 0.113. The van der Waals surface area contributed by atoms with Gasteiger partial charge in [0.1, 0.15) is 0 Å². The zero-order chi connectivity index (χ0) is 11.3. The molecule has 0 spiro atoms. The van der Waals surface area contributed by atoms with Crippen LogP contribution in [0.1, 0.15) is 13.8 Å². The van der Waals surface area contributed by atoms with Crippen molar-refractivity contribution in [3.63, 3.8) is 0 Å². The number of hydrogen-bond donors (Lipinski definition) is 1. The van der Waals surface area contributed by atoms with Gasteiger partial charge < -0.3 is 10.1 Å². The van der Waals surface area contributed by atoms with E-state index in [1.54, 1.807) is 0 Å². The molecule has 0 radical (unpaired) electrons. The van der Waals surface area contributed by atoms with Crippen LogP contribution in [0, 0.1) is 0 Å². The smallest absolute Gasteiger partial charge is 0.322 e. The fourth-order valence-corrected chi connectivity index (χ4v) is 1.00. The van der Waals surface area contributed by atoms with Gasteiger partial charge in [-0.3, -0.25) is 0 Å². The number of anilines is 1. The van der Waals surface area contributed by atoms with E-state index in [2.05, 4.69) is 20.3 Å². The Labute approximate surface area is 93.6 Å². The number of ether oxygens (including phenoxy) is 1. The largest absolute Gasteiger partial charge is 0.467 e. The van der Waals surface area contributed by atoms with Gasteiger partial charge in [0.2, 0.25) is 11.2 Å². The second-order valence-electron chi connectivity index (χ2n) is 3.08. The second-order valence-corrected chi connectivity index (χ2v) is 3.42. The third-order valence-corrected chi connectivity index (χ3v) is 1.71. The summed E-state index contributed by atoms with van der Waals surface area (Å²) < 4.78 is 4.86. The fourth-order valence-electron chi connectivity index (χ4n) is 0.849. The molecule has 0 bridgehead atoms. The lowest BCUT2D eigenvalue weighted by Gasteiger charge is -2.03. The Morgan fingerprint density at radius 1 is 1.40 bits per heavy atom. The molecule has 0 atom stereocenters. The van der Waals surface area contributed by atoms with Crippen molar-refractivity contribution in [1.29, 1.82) is 0 Å². The number of allylic oxidation sites excluding steroid dienone is 1. The fraction of sp³-hybridized carbons (Fsp3) is 0.444. The molecular formula is C9H13ClN4O. The lowest BCUT2D eigenvalue weighted by Crippen LogP contribution is -2.06. The van der Waals surface area contributed by atoms with Gasteiger partial charge in [0.05, 0.1) is 7.11 Å². The van der Waals surface area contributed by atoms with Crippen molar-refractivity contribution in [3.8, 4) is 6.01 Å². The van der Waals surface area contributed by atoms with Gasteiger partial charge in [0.15, 0.2) is 0 Å². The Balaban J connectivity index is 2.68. The maximum Gasteiger partial charge on any atom is 0.322 e. The Hall–Kier alpha value is -1.36. The van der Waals surface area contributed by atoms with Gasteiger partial charge >= 0.3 is 6.01 Å². The van der Waals surface area contributed by atoms with E-state index in [4.69, 9.17) is 16.3 Å². The Kier molecular flexibility index (Phi) is 4.30. The Bertz CT molecular complexity index is 363. The minimum atomic E-state index is 0.113. The minimum Gasteiger partial charge on any atom is -0.467 e. The average Bonchev–Trinajstić information content (AvgIpc) is 2.16. The average molecular weight is 229 g/mol. The quantitative estimate of drug-likeness (QED) is 0.798. The van der Waals surface area contributed by atoms with Crippen LogP contribution in [0.2, 0.25) is 5.28 Å². The maximum atomic E-state index is 5.67. The molecule has 0 aliphatic heterocycles. The Morgan fingerprint density at radius 3 is 2.73 bits per heavy atom. The van der Waals surface area contributed by atoms with Crippen molar-refractivity contribution in [3.05, 3.63) is 16.9 Å². The van der Waals surface area contributed by atoms with Crippen molar-refractivity contribution < 1.29 is 4.74 Å². The van der Waals surface area contributed by atoms with Crippen molar-refractivity contribution >= 4 is 17.5 Å². The summed E-state index contributed by atoms with van der Waals surface area (Å²) in [6.45, 7) is 4.68. The molecule has 6 heteroatoms. The van der Waals surface area contributed by atoms with E-state index in [1.807, 2.05) is 19.9 Å². The van der Waals surface area contributed by atoms with Crippen LogP contribution in [0.15, 0.2) is 11.6 Å². The Morgan fingerprint density at radius 2 is 2.13 bits per heavy atom. The summed E-state index contributed by atoms with van der Waals surface area (Å²) in [5, 5.41) is 3.10. The van der Waals surface area contributed by atoms with Gasteiger partial charge in [0, 0.05) is 6.54 Å². The molecule has 0 saturated carbocycles. The topological polar surface area (TPSA) is 59.9 Å². The van der Waals surface area contributed by atoms with Crippen LogP contribution in [0.4, 0.5) is 5.95 Å². The van der Waals surface area contributed by atoms with Crippen molar-refractivity contribution in [2.75, 3.05) is 19.0 Å². The van der Waals surface area contributed by atoms with Crippen LogP contribution >= 0.6 is 11.6 Å². The van der Waals surface area contributed by atoms with Crippen LogP contribution < -0.4 is 10.1 Å². The number of halogens is 1. The van der Waals surface area contributed by atoms with Crippen molar-refractivity contribution in [2.24, 2.45) is 0 Å². The van der Waals surface area contributed by atoms with Crippen molar-refractivity contribution in [2.45, 2.75) is 13.8 Å². The van der Waals surface area contributed by atoms with E-state index in [0.717, 1.165) is 0 Å². The van der Waals surface area contributed by atoms with E-state index in [9.17, 15) is 0 Å². The summed E-state index contributed by atoms with van der Waals surface area (Å²) in [6.07, 6.45) is 2.02. The number of nitrogens with one attached hydrogen (secondary N) is 1. The highest BCUT2D eigenvalue weighted by Crippen LogP contribution is 2.10. The molecule has 1 N–H and O–H groups in total. The normalized spacial score (nSPS) is 9.60. The molecule has 0 aliphatic rings. The van der Waals surface area contributed by atoms with Gasteiger partial charge in [-0.25, -0.2) is 0 Å². The summed E-state index contributed by atoms with van der Waals surface area (Å²) >= 11 is 5.67. The highest BCUT2D eigenvalue weighted by Gasteiger charge is 2.03. The van der Waals surface area contributed by atoms with E-state index in [-0.39, 0.29) is 11.3 Å². The zero-order valence-corrected chi connectivity index (χ0v) is 9.67. The van der Waals surface area contributed by atoms with Crippen LogP contribution in [0.25, 0.3) is 0 Å². The molecule has 15 heavy (non-hydrogen) atoms. The van der Waals surface area contributed by atoms with Crippen LogP contribution in [-0.2, 0) is 0 Å². The molecule has 5 nitrogen and oxygen atoms in total. The number of hydrogen-bond acceptors (Lipinski definition) is 5. The van der Waals surface area contributed by atoms with E-state index >= 15 is 0 Å². The molecule has 0 unspecified atom stereocenters. The monoisotopic (exact) mass is 228 g/mol. The summed E-state index contributed by atoms with van der Waals surface area (Å²) in [6, 6.07) is 0.203. The molecule has 0 amide bonds. The first-order chi connectivity index (χ1) is 7.11. The maximum absolute atomic E-state index is 5.67. The second kappa shape index (κ2) is 5.50. The molecule has 0 saturated heterocycles. The highest BCUT2D eigenvalue weighted by molar-refractivity contribution is 6.28. The van der Waals surface area contributed by atoms with Gasteiger partial charge in [-0.2, -0.15) is 15.0 Å². The summed E-state index contributed by atoms with van der Waals surface area (Å²) in [5.74, 6) is 0.407.